The van der Waals surface area contributed by atoms with Crippen molar-refractivity contribution in [2.24, 2.45) is 0 Å². The van der Waals surface area contributed by atoms with E-state index in [4.69, 9.17) is 4.42 Å². The first-order valence-corrected chi connectivity index (χ1v) is 7.49. The third-order valence-corrected chi connectivity index (χ3v) is 3.82. The van der Waals surface area contributed by atoms with E-state index in [0.29, 0.717) is 11.0 Å². The summed E-state index contributed by atoms with van der Waals surface area (Å²) in [5.41, 5.74) is 0.805. The van der Waals surface area contributed by atoms with Crippen molar-refractivity contribution in [1.82, 2.24) is 9.55 Å². The Morgan fingerprint density at radius 3 is 2.70 bits per heavy atom. The van der Waals surface area contributed by atoms with Crippen LogP contribution in [0.15, 0.2) is 52.2 Å². The van der Waals surface area contributed by atoms with Gasteiger partial charge in [0.25, 0.3) is 5.91 Å². The summed E-state index contributed by atoms with van der Waals surface area (Å²) >= 11 is 0. The van der Waals surface area contributed by atoms with Gasteiger partial charge in [-0.25, -0.2) is 9.78 Å². The fourth-order valence-electron chi connectivity index (χ4n) is 2.55. The molecule has 0 saturated heterocycles. The van der Waals surface area contributed by atoms with Crippen molar-refractivity contribution in [3.05, 3.63) is 59.0 Å². The van der Waals surface area contributed by atoms with E-state index in [1.807, 2.05) is 18.2 Å². The summed E-state index contributed by atoms with van der Waals surface area (Å²) in [6.07, 6.45) is 4.34. The van der Waals surface area contributed by atoms with Gasteiger partial charge in [-0.1, -0.05) is 0 Å². The van der Waals surface area contributed by atoms with Crippen molar-refractivity contribution in [1.29, 1.82) is 0 Å². The number of benzene rings is 1. The molecule has 0 atom stereocenters. The molecule has 2 aromatic heterocycles. The number of carbonyl (C=O) groups is 1. The molecule has 0 unspecified atom stereocenters. The molecule has 0 fully saturated rings. The molecule has 3 rings (SSSR count). The number of aromatic nitrogens is 2. The van der Waals surface area contributed by atoms with Gasteiger partial charge in [0, 0.05) is 42.6 Å². The van der Waals surface area contributed by atoms with Gasteiger partial charge in [0.15, 0.2) is 0 Å². The lowest BCUT2D eigenvalue weighted by Gasteiger charge is -2.20. The quantitative estimate of drug-likeness (QED) is 0.693. The third-order valence-electron chi connectivity index (χ3n) is 3.82. The number of imidazole rings is 1. The second kappa shape index (κ2) is 6.08. The molecular formula is C17H17N3O3. The summed E-state index contributed by atoms with van der Waals surface area (Å²) in [6.45, 7) is 5.86. The van der Waals surface area contributed by atoms with Gasteiger partial charge in [-0.05, 0) is 32.0 Å². The van der Waals surface area contributed by atoms with E-state index in [1.54, 1.807) is 6.07 Å². The van der Waals surface area contributed by atoms with Crippen LogP contribution in [0.3, 0.4) is 0 Å². The first kappa shape index (κ1) is 15.0. The zero-order valence-electron chi connectivity index (χ0n) is 13.0. The molecule has 3 aromatic rings. The van der Waals surface area contributed by atoms with E-state index in [-0.39, 0.29) is 5.56 Å². The number of anilines is 1. The van der Waals surface area contributed by atoms with Gasteiger partial charge in [0.05, 0.1) is 0 Å². The van der Waals surface area contributed by atoms with Gasteiger partial charge in [-0.15, -0.1) is 0 Å². The predicted octanol–water partition coefficient (Wildman–Crippen LogP) is 2.52. The second-order valence-electron chi connectivity index (χ2n) is 5.12. The Morgan fingerprint density at radius 1 is 1.26 bits per heavy atom. The van der Waals surface area contributed by atoms with Gasteiger partial charge in [-0.3, -0.25) is 9.36 Å². The summed E-state index contributed by atoms with van der Waals surface area (Å²) < 4.78 is 6.61. The van der Waals surface area contributed by atoms with E-state index < -0.39 is 11.5 Å². The molecule has 118 valence electrons. The van der Waals surface area contributed by atoms with Crippen LogP contribution in [0.4, 0.5) is 5.69 Å². The highest BCUT2D eigenvalue weighted by molar-refractivity contribution is 5.98. The first-order chi connectivity index (χ1) is 11.1. The van der Waals surface area contributed by atoms with E-state index in [1.165, 1.54) is 23.3 Å². The van der Waals surface area contributed by atoms with Crippen LogP contribution < -0.4 is 10.5 Å². The Balaban J connectivity index is 2.07. The average molecular weight is 311 g/mol. The Labute approximate surface area is 133 Å². The second-order valence-corrected chi connectivity index (χ2v) is 5.12. The first-order valence-electron chi connectivity index (χ1n) is 7.49. The van der Waals surface area contributed by atoms with Gasteiger partial charge in [-0.2, -0.15) is 0 Å². The lowest BCUT2D eigenvalue weighted by atomic mass is 10.1. The molecule has 0 radical (unpaired) electrons. The van der Waals surface area contributed by atoms with Crippen LogP contribution in [0.2, 0.25) is 0 Å². The lowest BCUT2D eigenvalue weighted by molar-refractivity contribution is 0.0956. The molecule has 0 spiro atoms. The number of hydrogen-bond donors (Lipinski definition) is 0. The van der Waals surface area contributed by atoms with Crippen molar-refractivity contribution in [2.75, 3.05) is 18.0 Å². The molecule has 0 aliphatic rings. The topological polar surface area (TPSA) is 68.3 Å². The van der Waals surface area contributed by atoms with Crippen molar-refractivity contribution in [3.63, 3.8) is 0 Å². The van der Waals surface area contributed by atoms with Crippen LogP contribution in [0.25, 0.3) is 11.0 Å². The maximum absolute atomic E-state index is 12.3. The standard InChI is InChI=1S/C17H17N3O3/c1-3-19(4-2)13-6-5-12-9-14(17(22)23-15(12)10-13)16(21)20-8-7-18-11-20/h5-11H,3-4H2,1-2H3. The van der Waals surface area contributed by atoms with Crippen molar-refractivity contribution in [3.8, 4) is 0 Å². The minimum Gasteiger partial charge on any atom is -0.422 e. The van der Waals surface area contributed by atoms with E-state index in [2.05, 4.69) is 23.7 Å². The molecule has 0 amide bonds. The third kappa shape index (κ3) is 2.75. The molecule has 23 heavy (non-hydrogen) atoms. The molecule has 6 heteroatoms. The molecule has 0 saturated carbocycles. The minimum absolute atomic E-state index is 0.00825. The monoisotopic (exact) mass is 311 g/mol. The Bertz CT molecular complexity index is 893. The van der Waals surface area contributed by atoms with Crippen LogP contribution >= 0.6 is 0 Å². The van der Waals surface area contributed by atoms with Gasteiger partial charge in [0.2, 0.25) is 0 Å². The zero-order valence-corrected chi connectivity index (χ0v) is 13.0. The highest BCUT2D eigenvalue weighted by atomic mass is 16.4. The maximum Gasteiger partial charge on any atom is 0.349 e. The van der Waals surface area contributed by atoms with Crippen LogP contribution in [-0.2, 0) is 0 Å². The van der Waals surface area contributed by atoms with E-state index in [0.717, 1.165) is 18.8 Å². The van der Waals surface area contributed by atoms with Crippen LogP contribution in [-0.4, -0.2) is 28.5 Å². The van der Waals surface area contributed by atoms with Crippen molar-refractivity contribution < 1.29 is 9.21 Å². The fourth-order valence-corrected chi connectivity index (χ4v) is 2.55. The van der Waals surface area contributed by atoms with Gasteiger partial charge in [0.1, 0.15) is 17.5 Å². The Hall–Kier alpha value is -2.89. The highest BCUT2D eigenvalue weighted by Crippen LogP contribution is 2.22. The molecule has 2 heterocycles. The van der Waals surface area contributed by atoms with Crippen LogP contribution in [0.5, 0.6) is 0 Å². The highest BCUT2D eigenvalue weighted by Gasteiger charge is 2.16. The number of hydrogen-bond acceptors (Lipinski definition) is 5. The van der Waals surface area contributed by atoms with Gasteiger partial charge >= 0.3 is 5.63 Å². The maximum atomic E-state index is 12.3. The minimum atomic E-state index is -0.645. The van der Waals surface area contributed by atoms with Crippen LogP contribution in [0.1, 0.15) is 24.2 Å². The fraction of sp³-hybridized carbons (Fsp3) is 0.235. The molecule has 1 aromatic carbocycles. The zero-order chi connectivity index (χ0) is 16.4. The summed E-state index contributed by atoms with van der Waals surface area (Å²) in [4.78, 5) is 30.4. The van der Waals surface area contributed by atoms with E-state index in [9.17, 15) is 9.59 Å². The average Bonchev–Trinajstić information content (AvgIpc) is 3.09. The Kier molecular flexibility index (Phi) is 3.97. The molecule has 6 nitrogen and oxygen atoms in total. The summed E-state index contributed by atoms with van der Waals surface area (Å²) in [6, 6.07) is 7.21. The molecular weight excluding hydrogens is 294 g/mol. The smallest absolute Gasteiger partial charge is 0.349 e. The lowest BCUT2D eigenvalue weighted by Crippen LogP contribution is -2.22. The molecule has 0 aliphatic carbocycles. The molecule has 0 bridgehead atoms. The number of nitrogens with zero attached hydrogens (tertiary/aromatic N) is 3. The molecule has 0 aliphatic heterocycles. The number of rotatable bonds is 4. The number of carbonyl (C=O) groups excluding carboxylic acids is 1. The Morgan fingerprint density at radius 2 is 2.04 bits per heavy atom. The van der Waals surface area contributed by atoms with E-state index >= 15 is 0 Å². The van der Waals surface area contributed by atoms with Crippen molar-refractivity contribution >= 4 is 22.6 Å². The van der Waals surface area contributed by atoms with Crippen molar-refractivity contribution in [2.45, 2.75) is 13.8 Å². The SMILES string of the molecule is CCN(CC)c1ccc2cc(C(=O)n3ccnc3)c(=O)oc2c1. The normalized spacial score (nSPS) is 10.9. The molecule has 0 N–H and O–H groups in total. The predicted molar refractivity (Wildman–Crippen MR) is 88.0 cm³/mol. The van der Waals surface area contributed by atoms with Gasteiger partial charge < -0.3 is 9.32 Å². The van der Waals surface area contributed by atoms with Crippen LogP contribution in [0, 0.1) is 0 Å². The summed E-state index contributed by atoms with van der Waals surface area (Å²) in [5, 5.41) is 0.712. The summed E-state index contributed by atoms with van der Waals surface area (Å²) in [5.74, 6) is -0.453. The number of fused-ring (bicyclic) bond motifs is 1. The summed E-state index contributed by atoms with van der Waals surface area (Å²) in [7, 11) is 0. The largest absolute Gasteiger partial charge is 0.422 e.